The van der Waals surface area contributed by atoms with Crippen molar-refractivity contribution in [1.82, 2.24) is 5.32 Å². The SMILES string of the molecule is O=C(NCC(=O)N(Cc1ccccc1)c1ccccc1)c1ccc(F)c(F)c1. The van der Waals surface area contributed by atoms with Gasteiger partial charge in [0.15, 0.2) is 11.6 Å². The normalized spacial score (nSPS) is 10.4. The van der Waals surface area contributed by atoms with Crippen molar-refractivity contribution < 1.29 is 18.4 Å². The Kier molecular flexibility index (Phi) is 6.11. The third-order valence-electron chi connectivity index (χ3n) is 4.13. The van der Waals surface area contributed by atoms with Crippen LogP contribution >= 0.6 is 0 Å². The highest BCUT2D eigenvalue weighted by Crippen LogP contribution is 2.17. The van der Waals surface area contributed by atoms with E-state index in [4.69, 9.17) is 0 Å². The number of nitrogens with zero attached hydrogens (tertiary/aromatic N) is 1. The second-order valence-corrected chi connectivity index (χ2v) is 6.11. The Morgan fingerprint density at radius 1 is 0.821 bits per heavy atom. The van der Waals surface area contributed by atoms with Crippen LogP contribution in [0.5, 0.6) is 0 Å². The summed E-state index contributed by atoms with van der Waals surface area (Å²) in [6.07, 6.45) is 0. The van der Waals surface area contributed by atoms with E-state index in [2.05, 4.69) is 5.32 Å². The molecule has 0 heterocycles. The molecule has 0 fully saturated rings. The molecular weight excluding hydrogens is 362 g/mol. The number of amides is 2. The lowest BCUT2D eigenvalue weighted by atomic mass is 10.2. The predicted molar refractivity (Wildman–Crippen MR) is 103 cm³/mol. The Hall–Kier alpha value is -3.54. The smallest absolute Gasteiger partial charge is 0.251 e. The van der Waals surface area contributed by atoms with Crippen molar-refractivity contribution in [3.63, 3.8) is 0 Å². The Balaban J connectivity index is 1.72. The van der Waals surface area contributed by atoms with Crippen LogP contribution in [0.2, 0.25) is 0 Å². The Morgan fingerprint density at radius 2 is 1.46 bits per heavy atom. The fourth-order valence-corrected chi connectivity index (χ4v) is 2.69. The summed E-state index contributed by atoms with van der Waals surface area (Å²) < 4.78 is 26.3. The highest BCUT2D eigenvalue weighted by Gasteiger charge is 2.18. The maximum atomic E-state index is 13.3. The molecule has 2 amide bonds. The molecule has 0 spiro atoms. The number of halogens is 2. The highest BCUT2D eigenvalue weighted by molar-refractivity contribution is 6.00. The molecule has 0 aliphatic rings. The molecule has 3 aromatic rings. The Bertz CT molecular complexity index is 963. The van der Waals surface area contributed by atoms with Crippen molar-refractivity contribution in [3.05, 3.63) is 102 Å². The first-order valence-corrected chi connectivity index (χ1v) is 8.67. The molecule has 4 nitrogen and oxygen atoms in total. The van der Waals surface area contributed by atoms with Crippen molar-refractivity contribution in [1.29, 1.82) is 0 Å². The van der Waals surface area contributed by atoms with Crippen molar-refractivity contribution in [2.45, 2.75) is 6.54 Å². The summed E-state index contributed by atoms with van der Waals surface area (Å²) >= 11 is 0. The molecule has 1 N–H and O–H groups in total. The van der Waals surface area contributed by atoms with Crippen LogP contribution in [0.1, 0.15) is 15.9 Å². The van der Waals surface area contributed by atoms with Gasteiger partial charge in [0.2, 0.25) is 5.91 Å². The summed E-state index contributed by atoms with van der Waals surface area (Å²) in [6, 6.07) is 21.4. The Morgan fingerprint density at radius 3 is 2.11 bits per heavy atom. The van der Waals surface area contributed by atoms with E-state index < -0.39 is 17.5 Å². The molecule has 3 rings (SSSR count). The van der Waals surface area contributed by atoms with Gasteiger partial charge >= 0.3 is 0 Å². The van der Waals surface area contributed by atoms with E-state index in [0.29, 0.717) is 12.2 Å². The minimum absolute atomic E-state index is 0.0546. The van der Waals surface area contributed by atoms with Crippen LogP contribution in [-0.4, -0.2) is 18.4 Å². The zero-order chi connectivity index (χ0) is 19.9. The molecule has 28 heavy (non-hydrogen) atoms. The number of rotatable bonds is 6. The first-order valence-electron chi connectivity index (χ1n) is 8.67. The second kappa shape index (κ2) is 8.90. The monoisotopic (exact) mass is 380 g/mol. The molecule has 3 aromatic carbocycles. The maximum absolute atomic E-state index is 13.3. The predicted octanol–water partition coefficient (Wildman–Crippen LogP) is 3.93. The van der Waals surface area contributed by atoms with Gasteiger partial charge in [-0.3, -0.25) is 9.59 Å². The zero-order valence-corrected chi connectivity index (χ0v) is 14.9. The van der Waals surface area contributed by atoms with E-state index in [0.717, 1.165) is 23.8 Å². The lowest BCUT2D eigenvalue weighted by molar-refractivity contribution is -0.117. The van der Waals surface area contributed by atoms with E-state index in [1.54, 1.807) is 17.0 Å². The van der Waals surface area contributed by atoms with Gasteiger partial charge < -0.3 is 10.2 Å². The van der Waals surface area contributed by atoms with Gasteiger partial charge in [-0.1, -0.05) is 48.5 Å². The lowest BCUT2D eigenvalue weighted by Gasteiger charge is -2.23. The molecule has 0 radical (unpaired) electrons. The molecule has 0 bridgehead atoms. The lowest BCUT2D eigenvalue weighted by Crippen LogP contribution is -2.40. The van der Waals surface area contributed by atoms with Crippen LogP contribution in [0.3, 0.4) is 0 Å². The van der Waals surface area contributed by atoms with Gasteiger partial charge in [0, 0.05) is 11.3 Å². The molecule has 0 aliphatic heterocycles. The van der Waals surface area contributed by atoms with Gasteiger partial charge in [0.25, 0.3) is 5.91 Å². The van der Waals surface area contributed by atoms with E-state index in [9.17, 15) is 18.4 Å². The average Bonchev–Trinajstić information content (AvgIpc) is 2.73. The maximum Gasteiger partial charge on any atom is 0.251 e. The van der Waals surface area contributed by atoms with Crippen molar-refractivity contribution in [3.8, 4) is 0 Å². The molecule has 0 saturated carbocycles. The van der Waals surface area contributed by atoms with Gasteiger partial charge in [-0.2, -0.15) is 0 Å². The number of carbonyl (C=O) groups is 2. The summed E-state index contributed by atoms with van der Waals surface area (Å²) in [5, 5.41) is 2.46. The molecule has 0 atom stereocenters. The van der Waals surface area contributed by atoms with E-state index in [1.165, 1.54) is 0 Å². The van der Waals surface area contributed by atoms with Crippen LogP contribution in [0, 0.1) is 11.6 Å². The Labute approximate surface area is 161 Å². The molecular formula is C22H18F2N2O2. The number of hydrogen-bond donors (Lipinski definition) is 1. The van der Waals surface area contributed by atoms with Gasteiger partial charge in [0.05, 0.1) is 13.1 Å². The summed E-state index contributed by atoms with van der Waals surface area (Å²) in [7, 11) is 0. The fourth-order valence-electron chi connectivity index (χ4n) is 2.69. The molecule has 0 aromatic heterocycles. The van der Waals surface area contributed by atoms with Crippen molar-refractivity contribution in [2.75, 3.05) is 11.4 Å². The summed E-state index contributed by atoms with van der Waals surface area (Å²) in [6.45, 7) is 0.0598. The van der Waals surface area contributed by atoms with Gasteiger partial charge in [0.1, 0.15) is 0 Å². The number of benzene rings is 3. The van der Waals surface area contributed by atoms with Gasteiger partial charge in [-0.05, 0) is 35.9 Å². The minimum atomic E-state index is -1.12. The first kappa shape index (κ1) is 19.2. The van der Waals surface area contributed by atoms with Crippen LogP contribution in [0.4, 0.5) is 14.5 Å². The van der Waals surface area contributed by atoms with E-state index >= 15 is 0 Å². The number of hydrogen-bond acceptors (Lipinski definition) is 2. The topological polar surface area (TPSA) is 49.4 Å². The van der Waals surface area contributed by atoms with Crippen LogP contribution in [0.15, 0.2) is 78.9 Å². The number of para-hydroxylation sites is 1. The molecule has 0 saturated heterocycles. The van der Waals surface area contributed by atoms with Crippen molar-refractivity contribution >= 4 is 17.5 Å². The van der Waals surface area contributed by atoms with Crippen molar-refractivity contribution in [2.24, 2.45) is 0 Å². The largest absolute Gasteiger partial charge is 0.343 e. The highest BCUT2D eigenvalue weighted by atomic mass is 19.2. The molecule has 0 aliphatic carbocycles. The summed E-state index contributed by atoms with van der Waals surface area (Å²) in [5.41, 5.74) is 1.58. The zero-order valence-electron chi connectivity index (χ0n) is 14.9. The van der Waals surface area contributed by atoms with E-state index in [-0.39, 0.29) is 18.0 Å². The number of carbonyl (C=O) groups excluding carboxylic acids is 2. The first-order chi connectivity index (χ1) is 13.5. The number of anilines is 1. The second-order valence-electron chi connectivity index (χ2n) is 6.11. The average molecular weight is 380 g/mol. The minimum Gasteiger partial charge on any atom is -0.343 e. The van der Waals surface area contributed by atoms with Gasteiger partial charge in [-0.15, -0.1) is 0 Å². The molecule has 0 unspecified atom stereocenters. The van der Waals surface area contributed by atoms with Gasteiger partial charge in [-0.25, -0.2) is 8.78 Å². The standard InChI is InChI=1S/C22H18F2N2O2/c23-19-12-11-17(13-20(19)24)22(28)25-14-21(27)26(18-9-5-2-6-10-18)15-16-7-3-1-4-8-16/h1-13H,14-15H2,(H,25,28). The fraction of sp³-hybridized carbons (Fsp3) is 0.0909. The van der Waals surface area contributed by atoms with E-state index in [1.807, 2.05) is 48.5 Å². The quantitative estimate of drug-likeness (QED) is 0.705. The van der Waals surface area contributed by atoms with Crippen LogP contribution in [0.25, 0.3) is 0 Å². The summed E-state index contributed by atoms with van der Waals surface area (Å²) in [4.78, 5) is 26.5. The van der Waals surface area contributed by atoms with Crippen LogP contribution < -0.4 is 10.2 Å². The third kappa shape index (κ3) is 4.79. The number of nitrogens with one attached hydrogen (secondary N) is 1. The third-order valence-corrected chi connectivity index (χ3v) is 4.13. The van der Waals surface area contributed by atoms with Crippen LogP contribution in [-0.2, 0) is 11.3 Å². The molecule has 6 heteroatoms. The molecule has 142 valence electrons. The summed E-state index contributed by atoms with van der Waals surface area (Å²) in [5.74, 6) is -3.13.